The number of anilines is 1. The largest absolute Gasteiger partial charge is 0.481 e. The molecule has 0 atom stereocenters. The maximum atomic E-state index is 12.1. The van der Waals surface area contributed by atoms with Crippen molar-refractivity contribution in [3.05, 3.63) is 29.8 Å². The Morgan fingerprint density at radius 3 is 2.68 bits per heavy atom. The lowest BCUT2D eigenvalue weighted by Gasteiger charge is -2.34. The van der Waals surface area contributed by atoms with Crippen molar-refractivity contribution in [3.8, 4) is 0 Å². The number of fused-ring (bicyclic) bond motifs is 1. The van der Waals surface area contributed by atoms with Gasteiger partial charge in [-0.3, -0.25) is 14.4 Å². The van der Waals surface area contributed by atoms with Gasteiger partial charge in [-0.15, -0.1) is 0 Å². The zero-order chi connectivity index (χ0) is 15.7. The number of aliphatic carboxylic acids is 1. The number of carbonyl (C=O) groups is 3. The lowest BCUT2D eigenvalue weighted by molar-refractivity contribution is -0.146. The second-order valence-corrected chi connectivity index (χ2v) is 5.88. The Morgan fingerprint density at radius 1 is 1.23 bits per heavy atom. The lowest BCUT2D eigenvalue weighted by atomic mass is 9.80. The number of hydrogen-bond donors (Lipinski definition) is 2. The molecular formula is C16H18N2O4. The third-order valence-electron chi connectivity index (χ3n) is 4.35. The molecule has 116 valence electrons. The van der Waals surface area contributed by atoms with E-state index in [1.165, 1.54) is 4.90 Å². The minimum absolute atomic E-state index is 0.00984. The van der Waals surface area contributed by atoms with Gasteiger partial charge in [0.15, 0.2) is 0 Å². The van der Waals surface area contributed by atoms with Crippen LogP contribution in [0.25, 0.3) is 0 Å². The second-order valence-electron chi connectivity index (χ2n) is 5.88. The summed E-state index contributed by atoms with van der Waals surface area (Å²) in [6.45, 7) is -0.00984. The van der Waals surface area contributed by atoms with Gasteiger partial charge in [-0.1, -0.05) is 18.2 Å². The molecule has 6 heteroatoms. The fraction of sp³-hybridized carbons (Fsp3) is 0.438. The zero-order valence-electron chi connectivity index (χ0n) is 12.1. The Balaban J connectivity index is 1.60. The van der Waals surface area contributed by atoms with Crippen molar-refractivity contribution >= 4 is 23.5 Å². The molecular weight excluding hydrogens is 284 g/mol. The van der Waals surface area contributed by atoms with Crippen molar-refractivity contribution in [1.29, 1.82) is 0 Å². The average molecular weight is 302 g/mol. The van der Waals surface area contributed by atoms with Gasteiger partial charge in [0.25, 0.3) is 0 Å². The highest BCUT2D eigenvalue weighted by molar-refractivity contribution is 6.01. The first-order chi connectivity index (χ1) is 10.5. The summed E-state index contributed by atoms with van der Waals surface area (Å²) in [5.74, 6) is -1.46. The van der Waals surface area contributed by atoms with E-state index in [0.717, 1.165) is 11.3 Å². The molecule has 0 radical (unpaired) electrons. The first-order valence-corrected chi connectivity index (χ1v) is 7.45. The van der Waals surface area contributed by atoms with Gasteiger partial charge in [0.2, 0.25) is 11.8 Å². The molecule has 0 unspecified atom stereocenters. The van der Waals surface area contributed by atoms with Crippen molar-refractivity contribution in [2.24, 2.45) is 5.92 Å². The maximum Gasteiger partial charge on any atom is 0.306 e. The SMILES string of the molecule is O=C(CN1C(=O)CCc2ccccc21)NC1CC(C(=O)O)C1. The molecule has 1 aliphatic heterocycles. The van der Waals surface area contributed by atoms with Crippen LogP contribution in [-0.4, -0.2) is 35.5 Å². The standard InChI is InChI=1S/C16H18N2O4/c19-14(17-12-7-11(8-12)16(21)22)9-18-13-4-2-1-3-10(13)5-6-15(18)20/h1-4,11-12H,5-9H2,(H,17,19)(H,21,22). The van der Waals surface area contributed by atoms with Crippen LogP contribution in [-0.2, 0) is 20.8 Å². The predicted molar refractivity (Wildman–Crippen MR) is 79.4 cm³/mol. The van der Waals surface area contributed by atoms with Gasteiger partial charge in [-0.2, -0.15) is 0 Å². The van der Waals surface area contributed by atoms with Gasteiger partial charge in [0.05, 0.1) is 5.92 Å². The topological polar surface area (TPSA) is 86.7 Å². The minimum Gasteiger partial charge on any atom is -0.481 e. The van der Waals surface area contributed by atoms with Crippen molar-refractivity contribution < 1.29 is 19.5 Å². The van der Waals surface area contributed by atoms with E-state index >= 15 is 0 Å². The summed E-state index contributed by atoms with van der Waals surface area (Å²) in [5, 5.41) is 11.6. The number of rotatable bonds is 4. The van der Waals surface area contributed by atoms with Crippen LogP contribution in [0.1, 0.15) is 24.8 Å². The molecule has 0 aromatic heterocycles. The zero-order valence-corrected chi connectivity index (χ0v) is 12.1. The molecule has 1 saturated carbocycles. The summed E-state index contributed by atoms with van der Waals surface area (Å²) >= 11 is 0. The van der Waals surface area contributed by atoms with E-state index in [2.05, 4.69) is 5.32 Å². The normalized spacial score (nSPS) is 23.5. The van der Waals surface area contributed by atoms with E-state index in [4.69, 9.17) is 5.11 Å². The quantitative estimate of drug-likeness (QED) is 0.867. The molecule has 2 N–H and O–H groups in total. The third kappa shape index (κ3) is 2.81. The van der Waals surface area contributed by atoms with Crippen molar-refractivity contribution in [1.82, 2.24) is 5.32 Å². The Hall–Kier alpha value is -2.37. The van der Waals surface area contributed by atoms with Crippen LogP contribution in [0.15, 0.2) is 24.3 Å². The molecule has 1 heterocycles. The number of aryl methyl sites for hydroxylation is 1. The lowest BCUT2D eigenvalue weighted by Crippen LogP contribution is -2.50. The number of carboxylic acid groups (broad SMARTS) is 1. The van der Waals surface area contributed by atoms with Gasteiger partial charge in [-0.05, 0) is 30.9 Å². The van der Waals surface area contributed by atoms with Crippen LogP contribution in [0.2, 0.25) is 0 Å². The van der Waals surface area contributed by atoms with Gasteiger partial charge >= 0.3 is 5.97 Å². The first-order valence-electron chi connectivity index (χ1n) is 7.45. The molecule has 0 bridgehead atoms. The van der Waals surface area contributed by atoms with Crippen molar-refractivity contribution in [3.63, 3.8) is 0 Å². The summed E-state index contributed by atoms with van der Waals surface area (Å²) < 4.78 is 0. The number of nitrogens with zero attached hydrogens (tertiary/aromatic N) is 1. The second kappa shape index (κ2) is 5.79. The fourth-order valence-corrected chi connectivity index (χ4v) is 3.02. The molecule has 0 spiro atoms. The molecule has 6 nitrogen and oxygen atoms in total. The third-order valence-corrected chi connectivity index (χ3v) is 4.35. The number of para-hydroxylation sites is 1. The highest BCUT2D eigenvalue weighted by atomic mass is 16.4. The van der Waals surface area contributed by atoms with Crippen molar-refractivity contribution in [2.45, 2.75) is 31.7 Å². The smallest absolute Gasteiger partial charge is 0.306 e. The van der Waals surface area contributed by atoms with Crippen LogP contribution < -0.4 is 10.2 Å². The first kappa shape index (κ1) is 14.6. The van der Waals surface area contributed by atoms with Gasteiger partial charge < -0.3 is 15.3 Å². The van der Waals surface area contributed by atoms with E-state index in [0.29, 0.717) is 25.7 Å². The number of hydrogen-bond acceptors (Lipinski definition) is 3. The summed E-state index contributed by atoms with van der Waals surface area (Å²) in [6.07, 6.45) is 2.04. The average Bonchev–Trinajstić information content (AvgIpc) is 2.45. The Labute approximate surface area is 128 Å². The van der Waals surface area contributed by atoms with E-state index in [-0.39, 0.29) is 30.3 Å². The molecule has 0 saturated heterocycles. The Bertz CT molecular complexity index is 622. The predicted octanol–water partition coefficient (Wildman–Crippen LogP) is 0.945. The summed E-state index contributed by atoms with van der Waals surface area (Å²) in [7, 11) is 0. The Morgan fingerprint density at radius 2 is 1.95 bits per heavy atom. The van der Waals surface area contributed by atoms with Crippen LogP contribution in [0.4, 0.5) is 5.69 Å². The van der Waals surface area contributed by atoms with Crippen LogP contribution in [0.5, 0.6) is 0 Å². The highest BCUT2D eigenvalue weighted by Crippen LogP contribution is 2.29. The number of carbonyl (C=O) groups excluding carboxylic acids is 2. The monoisotopic (exact) mass is 302 g/mol. The molecule has 2 amide bonds. The number of carboxylic acids is 1. The van der Waals surface area contributed by atoms with E-state index in [1.54, 1.807) is 0 Å². The van der Waals surface area contributed by atoms with Crippen LogP contribution in [0, 0.1) is 5.92 Å². The van der Waals surface area contributed by atoms with E-state index in [1.807, 2.05) is 24.3 Å². The van der Waals surface area contributed by atoms with Gasteiger partial charge in [0, 0.05) is 18.2 Å². The summed E-state index contributed by atoms with van der Waals surface area (Å²) in [6, 6.07) is 7.50. The van der Waals surface area contributed by atoms with E-state index in [9.17, 15) is 14.4 Å². The summed E-state index contributed by atoms with van der Waals surface area (Å²) in [5.41, 5.74) is 1.87. The maximum absolute atomic E-state index is 12.1. The number of benzene rings is 1. The van der Waals surface area contributed by atoms with Crippen LogP contribution >= 0.6 is 0 Å². The minimum atomic E-state index is -0.814. The molecule has 1 aromatic rings. The molecule has 1 fully saturated rings. The van der Waals surface area contributed by atoms with Gasteiger partial charge in [-0.25, -0.2) is 0 Å². The highest BCUT2D eigenvalue weighted by Gasteiger charge is 2.36. The molecule has 1 aromatic carbocycles. The summed E-state index contributed by atoms with van der Waals surface area (Å²) in [4.78, 5) is 36.4. The molecule has 3 rings (SSSR count). The Kier molecular flexibility index (Phi) is 3.83. The van der Waals surface area contributed by atoms with Crippen molar-refractivity contribution in [2.75, 3.05) is 11.4 Å². The molecule has 2 aliphatic rings. The van der Waals surface area contributed by atoms with E-state index < -0.39 is 5.97 Å². The fourth-order valence-electron chi connectivity index (χ4n) is 3.02. The number of amides is 2. The number of nitrogens with one attached hydrogen (secondary N) is 1. The molecule has 22 heavy (non-hydrogen) atoms. The van der Waals surface area contributed by atoms with Gasteiger partial charge in [0.1, 0.15) is 6.54 Å². The van der Waals surface area contributed by atoms with Crippen LogP contribution in [0.3, 0.4) is 0 Å². The molecule has 1 aliphatic carbocycles.